The lowest BCUT2D eigenvalue weighted by atomic mass is 11.4. The molecule has 0 atom stereocenters. The van der Waals surface area contributed by atoms with Crippen molar-refractivity contribution in [3.05, 3.63) is 0 Å². The van der Waals surface area contributed by atoms with Crippen molar-refractivity contribution in [1.82, 2.24) is 5.10 Å². The van der Waals surface area contributed by atoms with Gasteiger partial charge in [-0.1, -0.05) is 0 Å². The summed E-state index contributed by atoms with van der Waals surface area (Å²) in [6, 6.07) is 0. The summed E-state index contributed by atoms with van der Waals surface area (Å²) in [7, 11) is 0. The molecule has 1 heterocycles. The fourth-order valence-electron chi connectivity index (χ4n) is 0.136. The first-order valence-corrected chi connectivity index (χ1v) is 1.19. The third-order valence-electron chi connectivity index (χ3n) is 0.283. The van der Waals surface area contributed by atoms with Gasteiger partial charge in [0.2, 0.25) is 5.10 Å². The summed E-state index contributed by atoms with van der Waals surface area (Å²) in [6.07, 6.45) is 2.53. The Morgan fingerprint density at radius 3 is 3.00 bits per heavy atom. The van der Waals surface area contributed by atoms with Crippen molar-refractivity contribution in [2.75, 3.05) is 0 Å². The fraction of sp³-hybridized carbons (Fsp3) is 0. The van der Waals surface area contributed by atoms with Crippen LogP contribution in [0.25, 0.3) is 0 Å². The molecule has 5 heavy (non-hydrogen) atoms. The Kier molecular flexibility index (Phi) is 0.400. The van der Waals surface area contributed by atoms with E-state index in [1.807, 2.05) is 0 Å². The highest BCUT2D eigenvalue weighted by atomic mass is 16.5. The van der Waals surface area contributed by atoms with Crippen LogP contribution in [0.4, 0.5) is 0 Å². The zero-order valence-corrected chi connectivity index (χ0v) is 2.46. The van der Waals surface area contributed by atoms with Crippen LogP contribution in [0.2, 0.25) is 0 Å². The van der Waals surface area contributed by atoms with E-state index in [9.17, 15) is 0 Å². The molecule has 0 spiro atoms. The van der Waals surface area contributed by atoms with Gasteiger partial charge in [0, 0.05) is 0 Å². The highest BCUT2D eigenvalue weighted by Crippen LogP contribution is 1.61. The van der Waals surface area contributed by atoms with E-state index in [0.717, 1.165) is 0 Å². The maximum atomic E-state index is 4.36. The summed E-state index contributed by atoms with van der Waals surface area (Å²) in [5, 5.41) is 6.61. The maximum Gasteiger partial charge on any atom is 0.440 e. The normalized spacial score (nSPS) is 16.0. The molecule has 0 aromatic carbocycles. The molecule has 0 unspecified atom stereocenters. The predicted octanol–water partition coefficient (Wildman–Crippen LogP) is -0.676. The van der Waals surface area contributed by atoms with Crippen LogP contribution < -0.4 is 5.10 Å². The van der Waals surface area contributed by atoms with Gasteiger partial charge in [0.05, 0.1) is 0 Å². The minimum absolute atomic E-state index is 1.26. The fourth-order valence-corrected chi connectivity index (χ4v) is 0.136. The van der Waals surface area contributed by atoms with Crippen molar-refractivity contribution < 1.29 is 4.74 Å². The second-order valence-corrected chi connectivity index (χ2v) is 0.578. The summed E-state index contributed by atoms with van der Waals surface area (Å²) in [5.41, 5.74) is 0. The van der Waals surface area contributed by atoms with Crippen molar-refractivity contribution in [2.24, 2.45) is 5.10 Å². The van der Waals surface area contributed by atoms with Crippen molar-refractivity contribution >= 4 is 12.8 Å². The van der Waals surface area contributed by atoms with E-state index >= 15 is 0 Å². The number of hydrogen-bond donors (Lipinski definition) is 0. The van der Waals surface area contributed by atoms with Gasteiger partial charge < -0.3 is 4.74 Å². The lowest BCUT2D eigenvalue weighted by molar-refractivity contribution is 0.610. The molecule has 0 saturated heterocycles. The van der Waals surface area contributed by atoms with Gasteiger partial charge in [-0.05, 0) is 0 Å². The molecule has 1 radical (unpaired) electrons. The molecule has 0 N–H and O–H groups in total. The largest absolute Gasteiger partial charge is 0.440 e. The second-order valence-electron chi connectivity index (χ2n) is 0.578. The Balaban J connectivity index is 2.61. The zero-order valence-electron chi connectivity index (χ0n) is 2.46. The molecule has 1 aliphatic heterocycles. The van der Waals surface area contributed by atoms with Crippen LogP contribution in [0.15, 0.2) is 5.10 Å². The molecule has 25 valence electrons. The van der Waals surface area contributed by atoms with Crippen LogP contribution in [-0.4, -0.2) is 12.8 Å². The Morgan fingerprint density at radius 2 is 2.80 bits per heavy atom. The summed E-state index contributed by atoms with van der Waals surface area (Å²) in [4.78, 5) is 0. The monoisotopic (exact) mass is 70.0 g/mol. The topological polar surface area (TPSA) is 35.7 Å². The highest BCUT2D eigenvalue weighted by molar-refractivity contribution is 5.66. The van der Waals surface area contributed by atoms with E-state index in [1.54, 1.807) is 0 Å². The first kappa shape index (κ1) is 2.38. The Bertz CT molecular complexity index is 65.7. The van der Waals surface area contributed by atoms with Crippen molar-refractivity contribution in [3.63, 3.8) is 0 Å². The van der Waals surface area contributed by atoms with Gasteiger partial charge in [-0.2, -0.15) is 0 Å². The van der Waals surface area contributed by atoms with E-state index in [0.29, 0.717) is 0 Å². The standard InChI is InChI=1S/C2H2N2O/c1-3-4-2-5-1/h1-2H/q+1. The molecular formula is C2H2N2O+. The van der Waals surface area contributed by atoms with Crippen LogP contribution in [-0.2, 0) is 4.74 Å². The van der Waals surface area contributed by atoms with Gasteiger partial charge in [-0.3, -0.25) is 0 Å². The quantitative estimate of drug-likeness (QED) is 0.372. The van der Waals surface area contributed by atoms with E-state index in [2.05, 4.69) is 14.9 Å². The van der Waals surface area contributed by atoms with Crippen LogP contribution in [0, 0.1) is 0 Å². The molecule has 0 saturated carbocycles. The van der Waals surface area contributed by atoms with E-state index in [-0.39, 0.29) is 0 Å². The second kappa shape index (κ2) is 0.839. The summed E-state index contributed by atoms with van der Waals surface area (Å²) in [5.74, 6) is 0. The molecule has 1 rings (SSSR count). The molecule has 0 aliphatic carbocycles. The van der Waals surface area contributed by atoms with Crippen molar-refractivity contribution in [1.29, 1.82) is 0 Å². The molecule has 0 aromatic rings. The molecule has 0 amide bonds. The third kappa shape index (κ3) is 0.238. The first-order chi connectivity index (χ1) is 2.50. The van der Waals surface area contributed by atoms with Crippen LogP contribution >= 0.6 is 0 Å². The van der Waals surface area contributed by atoms with Gasteiger partial charge in [0.1, 0.15) is 5.10 Å². The van der Waals surface area contributed by atoms with Crippen molar-refractivity contribution in [3.8, 4) is 0 Å². The molecule has 0 aromatic heterocycles. The highest BCUT2D eigenvalue weighted by Gasteiger charge is 1.91. The lowest BCUT2D eigenvalue weighted by Gasteiger charge is -1.55. The van der Waals surface area contributed by atoms with Crippen LogP contribution in [0.3, 0.4) is 0 Å². The number of hydrogen-bond acceptors (Lipinski definition) is 3. The Hall–Kier alpha value is -0.860. The minimum atomic E-state index is 1.26. The van der Waals surface area contributed by atoms with Gasteiger partial charge in [0.25, 0.3) is 6.40 Å². The average Bonchev–Trinajstić information content (AvgIpc) is 1.76. The van der Waals surface area contributed by atoms with E-state index in [4.69, 9.17) is 0 Å². The molecule has 3 nitrogen and oxygen atoms in total. The predicted molar refractivity (Wildman–Crippen MR) is 17.8 cm³/mol. The summed E-state index contributed by atoms with van der Waals surface area (Å²) < 4.78 is 4.36. The van der Waals surface area contributed by atoms with Gasteiger partial charge in [-0.25, -0.2) is 0 Å². The molecule has 3 heteroatoms. The Labute approximate surface area is 29.0 Å². The van der Waals surface area contributed by atoms with Gasteiger partial charge >= 0.3 is 6.40 Å². The maximum absolute atomic E-state index is 4.36. The van der Waals surface area contributed by atoms with Crippen LogP contribution in [0.1, 0.15) is 0 Å². The minimum Gasteiger partial charge on any atom is -0.385 e. The SMILES string of the molecule is C1=N[N+]=CO1. The lowest BCUT2D eigenvalue weighted by Crippen LogP contribution is -1.72. The van der Waals surface area contributed by atoms with Gasteiger partial charge in [-0.15, -0.1) is 0 Å². The van der Waals surface area contributed by atoms with Crippen LogP contribution in [0.5, 0.6) is 0 Å². The molecular weight excluding hydrogens is 68.0 g/mol. The molecule has 0 fully saturated rings. The number of ether oxygens (including phenoxy) is 1. The first-order valence-electron chi connectivity index (χ1n) is 1.19. The zero-order chi connectivity index (χ0) is 3.54. The van der Waals surface area contributed by atoms with E-state index < -0.39 is 0 Å². The van der Waals surface area contributed by atoms with Crippen molar-refractivity contribution in [2.45, 2.75) is 0 Å². The number of nitrogens with zero attached hydrogens (tertiary/aromatic N) is 2. The average molecular weight is 70.1 g/mol. The smallest absolute Gasteiger partial charge is 0.385 e. The molecule has 1 aliphatic rings. The summed E-state index contributed by atoms with van der Waals surface area (Å²) >= 11 is 0. The number of rotatable bonds is 0. The summed E-state index contributed by atoms with van der Waals surface area (Å²) in [6.45, 7) is 0. The van der Waals surface area contributed by atoms with Gasteiger partial charge in [0.15, 0.2) is 0 Å². The third-order valence-corrected chi connectivity index (χ3v) is 0.283. The molecule has 0 bridgehead atoms. The van der Waals surface area contributed by atoms with E-state index in [1.165, 1.54) is 12.8 Å². The Morgan fingerprint density at radius 1 is 1.80 bits per heavy atom.